The molecule has 0 saturated heterocycles. The van der Waals surface area contributed by atoms with E-state index >= 15 is 0 Å². The maximum absolute atomic E-state index is 11.4. The van der Waals surface area contributed by atoms with E-state index in [0.717, 1.165) is 12.8 Å². The van der Waals surface area contributed by atoms with E-state index in [0.29, 0.717) is 6.42 Å². The normalized spacial score (nSPS) is 32.9. The minimum atomic E-state index is -1.28. The van der Waals surface area contributed by atoms with Gasteiger partial charge in [0.25, 0.3) is 0 Å². The van der Waals surface area contributed by atoms with Gasteiger partial charge in [0.15, 0.2) is 5.41 Å². The lowest BCUT2D eigenvalue weighted by molar-refractivity contribution is -0.169. The fraction of sp³-hybridized carbons (Fsp3) is 0.778. The highest BCUT2D eigenvalue weighted by Gasteiger charge is 2.54. The predicted octanol–water partition coefficient (Wildman–Crippen LogP) is 1.05. The summed E-state index contributed by atoms with van der Waals surface area (Å²) in [4.78, 5) is 22.4. The first-order chi connectivity index (χ1) is 6.05. The van der Waals surface area contributed by atoms with Crippen molar-refractivity contribution < 1.29 is 19.4 Å². The number of carbonyl (C=O) groups excluding carboxylic acids is 1. The summed E-state index contributed by atoms with van der Waals surface area (Å²) in [6.07, 6.45) is 1.96. The molecule has 1 saturated carbocycles. The second-order valence-electron chi connectivity index (χ2n) is 3.56. The minimum absolute atomic E-state index is 0.127. The molecule has 2 unspecified atom stereocenters. The molecule has 1 rings (SSSR count). The highest BCUT2D eigenvalue weighted by Crippen LogP contribution is 2.44. The molecule has 4 heteroatoms. The van der Waals surface area contributed by atoms with Crippen LogP contribution in [-0.4, -0.2) is 24.2 Å². The number of rotatable bonds is 2. The monoisotopic (exact) mass is 186 g/mol. The smallest absolute Gasteiger partial charge is 0.323 e. The molecule has 0 heterocycles. The maximum Gasteiger partial charge on any atom is 0.323 e. The highest BCUT2D eigenvalue weighted by molar-refractivity contribution is 5.99. The Kier molecular flexibility index (Phi) is 2.59. The molecule has 0 aromatic heterocycles. The van der Waals surface area contributed by atoms with Crippen molar-refractivity contribution in [3.05, 3.63) is 0 Å². The summed E-state index contributed by atoms with van der Waals surface area (Å²) in [5, 5.41) is 9.03. The minimum Gasteiger partial charge on any atom is -0.480 e. The lowest BCUT2D eigenvalue weighted by Crippen LogP contribution is -2.42. The Hall–Kier alpha value is -1.06. The zero-order valence-electron chi connectivity index (χ0n) is 7.87. The summed E-state index contributed by atoms with van der Waals surface area (Å²) >= 11 is 0. The molecule has 2 atom stereocenters. The van der Waals surface area contributed by atoms with Gasteiger partial charge in [-0.25, -0.2) is 0 Å². The molecule has 0 aromatic rings. The topological polar surface area (TPSA) is 63.6 Å². The third-order valence-corrected chi connectivity index (χ3v) is 2.98. The van der Waals surface area contributed by atoms with Crippen LogP contribution >= 0.6 is 0 Å². The van der Waals surface area contributed by atoms with Crippen LogP contribution in [-0.2, 0) is 14.3 Å². The van der Waals surface area contributed by atoms with Crippen LogP contribution in [0.1, 0.15) is 26.2 Å². The molecule has 0 radical (unpaired) electrons. The van der Waals surface area contributed by atoms with Gasteiger partial charge in [0.1, 0.15) is 0 Å². The van der Waals surface area contributed by atoms with Gasteiger partial charge in [0.2, 0.25) is 0 Å². The van der Waals surface area contributed by atoms with Gasteiger partial charge in [0.05, 0.1) is 7.11 Å². The average molecular weight is 186 g/mol. The van der Waals surface area contributed by atoms with Gasteiger partial charge in [-0.15, -0.1) is 0 Å². The molecule has 4 nitrogen and oxygen atoms in total. The van der Waals surface area contributed by atoms with Crippen molar-refractivity contribution in [2.45, 2.75) is 26.2 Å². The van der Waals surface area contributed by atoms with Gasteiger partial charge in [-0.2, -0.15) is 0 Å². The van der Waals surface area contributed by atoms with Crippen molar-refractivity contribution in [3.8, 4) is 0 Å². The second kappa shape index (κ2) is 3.36. The SMILES string of the molecule is COC(=O)C1(C(=O)O)CCCC1C. The standard InChI is InChI=1S/C9H14O4/c1-6-4-3-5-9(6,7(10)11)8(12)13-2/h6H,3-5H2,1-2H3,(H,10,11). The van der Waals surface area contributed by atoms with Gasteiger partial charge >= 0.3 is 11.9 Å². The van der Waals surface area contributed by atoms with Crippen LogP contribution in [0.25, 0.3) is 0 Å². The molecule has 0 aliphatic heterocycles. The summed E-state index contributed by atoms with van der Waals surface area (Å²) in [6.45, 7) is 1.79. The first-order valence-corrected chi connectivity index (χ1v) is 4.37. The lowest BCUT2D eigenvalue weighted by Gasteiger charge is -2.25. The molecule has 1 aliphatic rings. The largest absolute Gasteiger partial charge is 0.480 e. The summed E-state index contributed by atoms with van der Waals surface area (Å²) in [7, 11) is 1.23. The summed E-state index contributed by atoms with van der Waals surface area (Å²) in [5.74, 6) is -1.79. The number of carboxylic acid groups (broad SMARTS) is 1. The number of ether oxygens (including phenoxy) is 1. The lowest BCUT2D eigenvalue weighted by atomic mass is 9.79. The van der Waals surface area contributed by atoms with E-state index in [1.54, 1.807) is 6.92 Å². The molecule has 0 spiro atoms. The zero-order chi connectivity index (χ0) is 10.1. The van der Waals surface area contributed by atoms with Gasteiger partial charge in [-0.1, -0.05) is 13.3 Å². The Morgan fingerprint density at radius 1 is 1.54 bits per heavy atom. The van der Waals surface area contributed by atoms with E-state index < -0.39 is 17.4 Å². The summed E-state index contributed by atoms with van der Waals surface area (Å²) < 4.78 is 4.55. The predicted molar refractivity (Wildman–Crippen MR) is 45.1 cm³/mol. The molecule has 1 aliphatic carbocycles. The number of hydrogen-bond acceptors (Lipinski definition) is 3. The van der Waals surface area contributed by atoms with Gasteiger partial charge in [-0.3, -0.25) is 9.59 Å². The molecule has 0 amide bonds. The Morgan fingerprint density at radius 3 is 2.46 bits per heavy atom. The van der Waals surface area contributed by atoms with Gasteiger partial charge < -0.3 is 9.84 Å². The van der Waals surface area contributed by atoms with Crippen molar-refractivity contribution in [2.75, 3.05) is 7.11 Å². The zero-order valence-corrected chi connectivity index (χ0v) is 7.87. The number of aliphatic carboxylic acids is 1. The first kappa shape index (κ1) is 10.0. The summed E-state index contributed by atoms with van der Waals surface area (Å²) in [6, 6.07) is 0. The van der Waals surface area contributed by atoms with Crippen LogP contribution < -0.4 is 0 Å². The van der Waals surface area contributed by atoms with Crippen LogP contribution in [0.15, 0.2) is 0 Å². The highest BCUT2D eigenvalue weighted by atomic mass is 16.5. The number of esters is 1. The molecule has 74 valence electrons. The molecular weight excluding hydrogens is 172 g/mol. The molecule has 1 N–H and O–H groups in total. The first-order valence-electron chi connectivity index (χ1n) is 4.37. The quantitative estimate of drug-likeness (QED) is 0.517. The molecule has 0 aromatic carbocycles. The molecular formula is C9H14O4. The number of carbonyl (C=O) groups is 2. The Balaban J connectivity index is 3.00. The molecule has 0 bridgehead atoms. The number of methoxy groups -OCH3 is 1. The summed E-state index contributed by atoms with van der Waals surface area (Å²) in [5.41, 5.74) is -1.28. The van der Waals surface area contributed by atoms with E-state index in [2.05, 4.69) is 4.74 Å². The fourth-order valence-corrected chi connectivity index (χ4v) is 2.07. The van der Waals surface area contributed by atoms with Crippen molar-refractivity contribution in [3.63, 3.8) is 0 Å². The van der Waals surface area contributed by atoms with Crippen LogP contribution in [0.2, 0.25) is 0 Å². The third-order valence-electron chi connectivity index (χ3n) is 2.98. The van der Waals surface area contributed by atoms with Crippen LogP contribution in [0.4, 0.5) is 0 Å². The molecule has 1 fully saturated rings. The Morgan fingerprint density at radius 2 is 2.15 bits per heavy atom. The van der Waals surface area contributed by atoms with E-state index in [1.165, 1.54) is 7.11 Å². The van der Waals surface area contributed by atoms with Gasteiger partial charge in [-0.05, 0) is 18.8 Å². The fourth-order valence-electron chi connectivity index (χ4n) is 2.07. The maximum atomic E-state index is 11.4. The number of hydrogen-bond donors (Lipinski definition) is 1. The molecule has 13 heavy (non-hydrogen) atoms. The Labute approximate surface area is 76.9 Å². The Bertz CT molecular complexity index is 236. The van der Waals surface area contributed by atoms with Crippen molar-refractivity contribution >= 4 is 11.9 Å². The van der Waals surface area contributed by atoms with Crippen LogP contribution in [0.3, 0.4) is 0 Å². The van der Waals surface area contributed by atoms with E-state index in [-0.39, 0.29) is 5.92 Å². The van der Waals surface area contributed by atoms with E-state index in [4.69, 9.17) is 5.11 Å². The number of carboxylic acids is 1. The van der Waals surface area contributed by atoms with Crippen LogP contribution in [0.5, 0.6) is 0 Å². The van der Waals surface area contributed by atoms with Crippen molar-refractivity contribution in [2.24, 2.45) is 11.3 Å². The van der Waals surface area contributed by atoms with Crippen molar-refractivity contribution in [1.82, 2.24) is 0 Å². The van der Waals surface area contributed by atoms with E-state index in [1.807, 2.05) is 0 Å². The van der Waals surface area contributed by atoms with Gasteiger partial charge in [0, 0.05) is 0 Å². The third kappa shape index (κ3) is 1.30. The van der Waals surface area contributed by atoms with E-state index in [9.17, 15) is 9.59 Å². The second-order valence-corrected chi connectivity index (χ2v) is 3.56. The van der Waals surface area contributed by atoms with Crippen molar-refractivity contribution in [1.29, 1.82) is 0 Å². The average Bonchev–Trinajstić information content (AvgIpc) is 2.47. The van der Waals surface area contributed by atoms with Crippen LogP contribution in [0, 0.1) is 11.3 Å².